The Morgan fingerprint density at radius 2 is 1.74 bits per heavy atom. The zero-order valence-corrected chi connectivity index (χ0v) is 17.7. The molecule has 2 aromatic rings. The molecule has 1 heterocycles. The monoisotopic (exact) mass is 425 g/mol. The maximum Gasteiger partial charge on any atom is 0.341 e. The van der Waals surface area contributed by atoms with Gasteiger partial charge in [0.25, 0.3) is 0 Å². The molecule has 2 N–H and O–H groups in total. The Kier molecular flexibility index (Phi) is 7.48. The van der Waals surface area contributed by atoms with Gasteiger partial charge >= 0.3 is 12.0 Å². The number of nitrogens with one attached hydrogen (secondary N) is 2. The molecule has 1 fully saturated rings. The molecule has 0 aromatic heterocycles. The Hall–Kier alpha value is -3.55. The first-order chi connectivity index (χ1) is 15.0. The second-order valence-electron chi connectivity index (χ2n) is 7.30. The van der Waals surface area contributed by atoms with Crippen molar-refractivity contribution in [2.24, 2.45) is 5.92 Å². The normalized spacial score (nSPS) is 13.9. The molecule has 2 aromatic carbocycles. The summed E-state index contributed by atoms with van der Waals surface area (Å²) in [5, 5.41) is 5.79. The van der Waals surface area contributed by atoms with E-state index >= 15 is 0 Å². The van der Waals surface area contributed by atoms with Gasteiger partial charge in [-0.05, 0) is 42.7 Å². The number of benzene rings is 2. The van der Waals surface area contributed by atoms with Crippen molar-refractivity contribution in [1.82, 2.24) is 10.2 Å². The van der Waals surface area contributed by atoms with Crippen LogP contribution >= 0.6 is 0 Å². The lowest BCUT2D eigenvalue weighted by Gasteiger charge is -2.31. The Labute approximate surface area is 181 Å². The first kappa shape index (κ1) is 22.1. The third-order valence-corrected chi connectivity index (χ3v) is 5.31. The van der Waals surface area contributed by atoms with E-state index in [0.29, 0.717) is 37.2 Å². The number of hydrogen-bond donors (Lipinski definition) is 2. The Bertz CT molecular complexity index is 924. The van der Waals surface area contributed by atoms with E-state index < -0.39 is 5.97 Å². The second kappa shape index (κ2) is 10.5. The molecule has 0 radical (unpaired) electrons. The molecule has 0 bridgehead atoms. The summed E-state index contributed by atoms with van der Waals surface area (Å²) >= 11 is 0. The minimum Gasteiger partial charge on any atom is -0.496 e. The van der Waals surface area contributed by atoms with Gasteiger partial charge in [0, 0.05) is 31.2 Å². The van der Waals surface area contributed by atoms with Crippen molar-refractivity contribution in [2.45, 2.75) is 19.4 Å². The topological polar surface area (TPSA) is 97.0 Å². The van der Waals surface area contributed by atoms with Crippen molar-refractivity contribution in [3.63, 3.8) is 0 Å². The third kappa shape index (κ3) is 5.75. The van der Waals surface area contributed by atoms with E-state index in [1.807, 2.05) is 30.3 Å². The molecule has 31 heavy (non-hydrogen) atoms. The number of anilines is 1. The minimum atomic E-state index is -0.499. The van der Waals surface area contributed by atoms with E-state index in [1.54, 1.807) is 23.1 Å². The number of carbonyl (C=O) groups excluding carboxylic acids is 3. The fourth-order valence-electron chi connectivity index (χ4n) is 3.53. The Morgan fingerprint density at radius 3 is 2.39 bits per heavy atom. The van der Waals surface area contributed by atoms with Crippen LogP contribution in [0.2, 0.25) is 0 Å². The molecule has 3 rings (SSSR count). The summed E-state index contributed by atoms with van der Waals surface area (Å²) in [6.07, 6.45) is 1.22. The number of rotatable bonds is 6. The highest BCUT2D eigenvalue weighted by Gasteiger charge is 2.27. The van der Waals surface area contributed by atoms with Crippen molar-refractivity contribution in [3.05, 3.63) is 59.7 Å². The van der Waals surface area contributed by atoms with Crippen molar-refractivity contribution in [2.75, 3.05) is 32.6 Å². The molecule has 1 aliphatic rings. The van der Waals surface area contributed by atoms with Crippen LogP contribution in [0.5, 0.6) is 5.75 Å². The van der Waals surface area contributed by atoms with Crippen LogP contribution in [0, 0.1) is 5.92 Å². The summed E-state index contributed by atoms with van der Waals surface area (Å²) in [6.45, 7) is 1.28. The highest BCUT2D eigenvalue weighted by atomic mass is 16.5. The van der Waals surface area contributed by atoms with Gasteiger partial charge in [0.1, 0.15) is 11.3 Å². The summed E-state index contributed by atoms with van der Waals surface area (Å²) in [5.74, 6) is -0.216. The summed E-state index contributed by atoms with van der Waals surface area (Å²) < 4.78 is 9.96. The molecular formula is C23H27N3O5. The molecule has 0 saturated carbocycles. The number of piperidine rings is 1. The van der Waals surface area contributed by atoms with Gasteiger partial charge in [0.15, 0.2) is 0 Å². The molecule has 3 amide bonds. The lowest BCUT2D eigenvalue weighted by Crippen LogP contribution is -2.45. The number of urea groups is 1. The molecule has 0 aliphatic carbocycles. The molecule has 1 aliphatic heterocycles. The highest BCUT2D eigenvalue weighted by Crippen LogP contribution is 2.22. The molecule has 8 nitrogen and oxygen atoms in total. The predicted molar refractivity (Wildman–Crippen MR) is 116 cm³/mol. The first-order valence-corrected chi connectivity index (χ1v) is 10.2. The van der Waals surface area contributed by atoms with Gasteiger partial charge in [-0.3, -0.25) is 4.79 Å². The number of amides is 3. The number of carbonyl (C=O) groups is 3. The lowest BCUT2D eigenvalue weighted by molar-refractivity contribution is -0.121. The average Bonchev–Trinajstić information content (AvgIpc) is 2.82. The van der Waals surface area contributed by atoms with E-state index in [-0.39, 0.29) is 24.4 Å². The summed E-state index contributed by atoms with van der Waals surface area (Å²) in [7, 11) is 2.78. The number of likely N-dealkylation sites (tertiary alicyclic amines) is 1. The summed E-state index contributed by atoms with van der Waals surface area (Å²) in [5.41, 5.74) is 1.84. The Balaban J connectivity index is 1.49. The van der Waals surface area contributed by atoms with Gasteiger partial charge in [0.05, 0.1) is 14.2 Å². The molecule has 0 atom stereocenters. The van der Waals surface area contributed by atoms with E-state index in [9.17, 15) is 14.4 Å². The number of ether oxygens (including phenoxy) is 2. The average molecular weight is 425 g/mol. The van der Waals surface area contributed by atoms with Gasteiger partial charge in [-0.15, -0.1) is 0 Å². The minimum absolute atomic E-state index is 0.0140. The standard InChI is InChI=1S/C23H27N3O5/c1-30-20-9-8-16(14-19(20)22(28)31-2)15-24-23(29)26-12-10-17(11-13-26)21(27)25-18-6-4-3-5-7-18/h3-9,14,17H,10-13,15H2,1-2H3,(H,24,29)(H,25,27). The van der Waals surface area contributed by atoms with Crippen LogP contribution in [-0.2, 0) is 16.1 Å². The SMILES string of the molecule is COC(=O)c1cc(CNC(=O)N2CCC(C(=O)Nc3ccccc3)CC2)ccc1OC. The van der Waals surface area contributed by atoms with Crippen molar-refractivity contribution >= 4 is 23.6 Å². The highest BCUT2D eigenvalue weighted by molar-refractivity contribution is 5.93. The largest absolute Gasteiger partial charge is 0.496 e. The zero-order chi connectivity index (χ0) is 22.2. The molecule has 8 heteroatoms. The fraction of sp³-hybridized carbons (Fsp3) is 0.348. The molecular weight excluding hydrogens is 398 g/mol. The molecule has 1 saturated heterocycles. The summed E-state index contributed by atoms with van der Waals surface area (Å²) in [6, 6.07) is 14.3. The first-order valence-electron chi connectivity index (χ1n) is 10.2. The van der Waals surface area contributed by atoms with Crippen molar-refractivity contribution in [1.29, 1.82) is 0 Å². The summed E-state index contributed by atoms with van der Waals surface area (Å²) in [4.78, 5) is 38.6. The van der Waals surface area contributed by atoms with Crippen molar-refractivity contribution in [3.8, 4) is 5.75 Å². The van der Waals surface area contributed by atoms with Crippen LogP contribution in [0.1, 0.15) is 28.8 Å². The van der Waals surface area contributed by atoms with E-state index in [4.69, 9.17) is 9.47 Å². The molecule has 0 unspecified atom stereocenters. The smallest absolute Gasteiger partial charge is 0.341 e. The van der Waals surface area contributed by atoms with E-state index in [0.717, 1.165) is 11.3 Å². The van der Waals surface area contributed by atoms with Crippen LogP contribution in [0.3, 0.4) is 0 Å². The third-order valence-electron chi connectivity index (χ3n) is 5.31. The predicted octanol–water partition coefficient (Wildman–Crippen LogP) is 3.04. The van der Waals surface area contributed by atoms with Crippen LogP contribution in [0.4, 0.5) is 10.5 Å². The molecule has 0 spiro atoms. The number of para-hydroxylation sites is 1. The zero-order valence-electron chi connectivity index (χ0n) is 17.7. The Morgan fingerprint density at radius 1 is 1.03 bits per heavy atom. The maximum atomic E-state index is 12.5. The van der Waals surface area contributed by atoms with E-state index in [2.05, 4.69) is 10.6 Å². The number of hydrogen-bond acceptors (Lipinski definition) is 5. The van der Waals surface area contributed by atoms with Gasteiger partial charge < -0.3 is 25.0 Å². The lowest BCUT2D eigenvalue weighted by atomic mass is 9.96. The van der Waals surface area contributed by atoms with E-state index in [1.165, 1.54) is 14.2 Å². The number of nitrogens with zero attached hydrogens (tertiary/aromatic N) is 1. The fourth-order valence-corrected chi connectivity index (χ4v) is 3.53. The van der Waals surface area contributed by atoms with Gasteiger partial charge in [0.2, 0.25) is 5.91 Å². The van der Waals surface area contributed by atoms with Crippen molar-refractivity contribution < 1.29 is 23.9 Å². The van der Waals surface area contributed by atoms with Gasteiger partial charge in [-0.2, -0.15) is 0 Å². The van der Waals surface area contributed by atoms with Gasteiger partial charge in [-0.1, -0.05) is 24.3 Å². The second-order valence-corrected chi connectivity index (χ2v) is 7.30. The number of methoxy groups -OCH3 is 2. The van der Waals surface area contributed by atoms with Crippen LogP contribution in [0.15, 0.2) is 48.5 Å². The molecule has 164 valence electrons. The van der Waals surface area contributed by atoms with Crippen LogP contribution < -0.4 is 15.4 Å². The maximum absolute atomic E-state index is 12.5. The quantitative estimate of drug-likeness (QED) is 0.694. The van der Waals surface area contributed by atoms with Crippen LogP contribution in [0.25, 0.3) is 0 Å². The van der Waals surface area contributed by atoms with Gasteiger partial charge in [-0.25, -0.2) is 9.59 Å². The number of esters is 1. The van der Waals surface area contributed by atoms with Crippen LogP contribution in [-0.4, -0.2) is 50.1 Å².